The van der Waals surface area contributed by atoms with Gasteiger partial charge in [0.1, 0.15) is 0 Å². The first-order valence-corrected chi connectivity index (χ1v) is 1.000. The molecule has 38 valence electrons. The summed E-state index contributed by atoms with van der Waals surface area (Å²) in [6, 6.07) is 0. The van der Waals surface area contributed by atoms with Crippen LogP contribution < -0.4 is 0 Å². The standard InChI is InChI=1S/C3H6.3Cr/c1-3-2;;;/h1-3H2;;;/q-2;;;. The molecule has 0 fully saturated rings. The van der Waals surface area contributed by atoms with Gasteiger partial charge in [0.25, 0.3) is 0 Å². The van der Waals surface area contributed by atoms with Crippen molar-refractivity contribution in [2.24, 2.45) is 0 Å². The molecule has 0 spiro atoms. The van der Waals surface area contributed by atoms with Crippen molar-refractivity contribution in [2.75, 3.05) is 0 Å². The molecule has 6 heavy (non-hydrogen) atoms. The maximum Gasteiger partial charge on any atom is 0 e. The average Bonchev–Trinajstić information content (AvgIpc) is 0.918. The van der Waals surface area contributed by atoms with Gasteiger partial charge in [-0.1, -0.05) is 0 Å². The molecule has 0 bridgehead atoms. The third kappa shape index (κ3) is 46.4. The molecule has 0 saturated heterocycles. The normalized spacial score (nSPS) is 3.00. The molecule has 3 heteroatoms. The van der Waals surface area contributed by atoms with E-state index in [1.807, 2.05) is 0 Å². The Balaban J connectivity index is -0.00000000667. The van der Waals surface area contributed by atoms with Gasteiger partial charge in [0.2, 0.25) is 0 Å². The third-order valence-corrected chi connectivity index (χ3v) is 0. The summed E-state index contributed by atoms with van der Waals surface area (Å²) in [5.74, 6) is 0. The van der Waals surface area contributed by atoms with Crippen LogP contribution in [-0.2, 0) is 52.1 Å². The van der Waals surface area contributed by atoms with Crippen molar-refractivity contribution in [3.05, 3.63) is 13.8 Å². The smallest absolute Gasteiger partial charge is 0 e. The summed E-state index contributed by atoms with van der Waals surface area (Å²) >= 11 is 0. The molecule has 0 saturated carbocycles. The predicted molar refractivity (Wildman–Crippen MR) is 15.3 cm³/mol. The van der Waals surface area contributed by atoms with Crippen LogP contribution >= 0.6 is 0 Å². The van der Waals surface area contributed by atoms with Gasteiger partial charge < -0.3 is 20.3 Å². The molecule has 0 rings (SSSR count). The fraction of sp³-hybridized carbons (Fsp3) is 0.333. The molecule has 0 aromatic heterocycles. The first-order chi connectivity index (χ1) is 1.41. The van der Waals surface area contributed by atoms with Gasteiger partial charge in [0.05, 0.1) is 0 Å². The van der Waals surface area contributed by atoms with Crippen molar-refractivity contribution in [1.82, 2.24) is 0 Å². The zero-order valence-electron chi connectivity index (χ0n) is 3.35. The first-order valence-electron chi connectivity index (χ1n) is 1.000. The van der Waals surface area contributed by atoms with Crippen LogP contribution in [-0.4, -0.2) is 0 Å². The van der Waals surface area contributed by atoms with E-state index < -0.39 is 0 Å². The second kappa shape index (κ2) is 30.6. The van der Waals surface area contributed by atoms with E-state index in [1.165, 1.54) is 0 Å². The largest absolute Gasteiger partial charge is 0.372 e. The summed E-state index contributed by atoms with van der Waals surface area (Å²) in [6.07, 6.45) is 0.750. The van der Waals surface area contributed by atoms with Gasteiger partial charge in [0, 0.05) is 52.1 Å². The van der Waals surface area contributed by atoms with Gasteiger partial charge in [-0.15, -0.1) is 0 Å². The summed E-state index contributed by atoms with van der Waals surface area (Å²) in [4.78, 5) is 0. The van der Waals surface area contributed by atoms with E-state index in [2.05, 4.69) is 13.8 Å². The molecule has 0 atom stereocenters. The van der Waals surface area contributed by atoms with Gasteiger partial charge in [-0.2, -0.15) is 0 Å². The van der Waals surface area contributed by atoms with E-state index in [0.29, 0.717) is 0 Å². The summed E-state index contributed by atoms with van der Waals surface area (Å²) in [5.41, 5.74) is 0. The van der Waals surface area contributed by atoms with Gasteiger partial charge in [-0.05, 0) is 0 Å². The quantitative estimate of drug-likeness (QED) is 0.510. The summed E-state index contributed by atoms with van der Waals surface area (Å²) in [6.45, 7) is 6.75. The van der Waals surface area contributed by atoms with Crippen LogP contribution in [0.5, 0.6) is 0 Å². The molecule has 0 radical (unpaired) electrons. The van der Waals surface area contributed by atoms with Crippen LogP contribution in [0.3, 0.4) is 0 Å². The molecule has 0 nitrogen and oxygen atoms in total. The van der Waals surface area contributed by atoms with Crippen LogP contribution in [0.2, 0.25) is 0 Å². The van der Waals surface area contributed by atoms with Crippen LogP contribution in [0.15, 0.2) is 0 Å². The molecular formula is C3H6Cr3-2. The molecule has 0 unspecified atom stereocenters. The molecule has 0 aliphatic heterocycles. The molecule has 0 aliphatic carbocycles. The number of hydrogen-bond donors (Lipinski definition) is 0. The third-order valence-electron chi connectivity index (χ3n) is 0. The second-order valence-electron chi connectivity index (χ2n) is 0.354. The van der Waals surface area contributed by atoms with E-state index >= 15 is 0 Å². The molecule has 0 aromatic rings. The second-order valence-corrected chi connectivity index (χ2v) is 0.354. The van der Waals surface area contributed by atoms with E-state index in [-0.39, 0.29) is 52.1 Å². The first kappa shape index (κ1) is 25.6. The summed E-state index contributed by atoms with van der Waals surface area (Å²) in [7, 11) is 0. The number of rotatable bonds is 0. The Morgan fingerprint density at radius 3 is 0.833 bits per heavy atom. The van der Waals surface area contributed by atoms with E-state index in [9.17, 15) is 0 Å². The van der Waals surface area contributed by atoms with Crippen LogP contribution in [0, 0.1) is 13.8 Å². The Morgan fingerprint density at radius 1 is 0.833 bits per heavy atom. The van der Waals surface area contributed by atoms with Crippen LogP contribution in [0.4, 0.5) is 0 Å². The summed E-state index contributed by atoms with van der Waals surface area (Å²) in [5, 5.41) is 0. The Bertz CT molecular complexity index is 6.00. The zero-order chi connectivity index (χ0) is 2.71. The maximum absolute atomic E-state index is 3.38. The molecular weight excluding hydrogens is 192 g/mol. The SMILES string of the molecule is [CH2-]C[CH2-].[Cr].[Cr].[Cr]. The Hall–Kier alpha value is 1.60. The van der Waals surface area contributed by atoms with Crippen molar-refractivity contribution in [3.63, 3.8) is 0 Å². The minimum absolute atomic E-state index is 0. The molecule has 0 aromatic carbocycles. The summed E-state index contributed by atoms with van der Waals surface area (Å²) < 4.78 is 0. The van der Waals surface area contributed by atoms with Crippen molar-refractivity contribution >= 4 is 0 Å². The number of hydrogen-bond acceptors (Lipinski definition) is 0. The minimum Gasteiger partial charge on any atom is -0.372 e. The maximum atomic E-state index is 3.38. The van der Waals surface area contributed by atoms with Gasteiger partial charge in [0.15, 0.2) is 0 Å². The van der Waals surface area contributed by atoms with Crippen LogP contribution in [0.1, 0.15) is 6.42 Å². The fourth-order valence-electron chi connectivity index (χ4n) is 0. The van der Waals surface area contributed by atoms with Crippen molar-refractivity contribution in [3.8, 4) is 0 Å². The predicted octanol–water partition coefficient (Wildman–Crippen LogP) is 1.04. The Labute approximate surface area is 72.1 Å². The van der Waals surface area contributed by atoms with Gasteiger partial charge >= 0.3 is 0 Å². The van der Waals surface area contributed by atoms with Crippen molar-refractivity contribution < 1.29 is 52.1 Å². The topological polar surface area (TPSA) is 0 Å². The fourth-order valence-corrected chi connectivity index (χ4v) is 0. The molecule has 0 amide bonds. The average molecular weight is 198 g/mol. The molecule has 0 N–H and O–H groups in total. The van der Waals surface area contributed by atoms with Gasteiger partial charge in [-0.3, -0.25) is 0 Å². The molecule has 0 heterocycles. The van der Waals surface area contributed by atoms with E-state index in [0.717, 1.165) is 6.42 Å². The van der Waals surface area contributed by atoms with Crippen LogP contribution in [0.25, 0.3) is 0 Å². The monoisotopic (exact) mass is 198 g/mol. The van der Waals surface area contributed by atoms with E-state index in [1.54, 1.807) is 0 Å². The Kier molecular flexibility index (Phi) is 130. The molecule has 0 aliphatic rings. The Morgan fingerprint density at radius 2 is 0.833 bits per heavy atom. The van der Waals surface area contributed by atoms with Crippen molar-refractivity contribution in [1.29, 1.82) is 0 Å². The van der Waals surface area contributed by atoms with Crippen molar-refractivity contribution in [2.45, 2.75) is 6.42 Å². The van der Waals surface area contributed by atoms with E-state index in [4.69, 9.17) is 0 Å². The minimum atomic E-state index is 0. The van der Waals surface area contributed by atoms with Gasteiger partial charge in [-0.25, -0.2) is 0 Å². The zero-order valence-corrected chi connectivity index (χ0v) is 7.17.